The predicted octanol–water partition coefficient (Wildman–Crippen LogP) is 2.61. The first-order chi connectivity index (χ1) is 9.92. The molecule has 3 heteroatoms. The van der Waals surface area contributed by atoms with Gasteiger partial charge in [0.25, 0.3) is 0 Å². The molecular weight excluding hydrogens is 246 g/mol. The van der Waals surface area contributed by atoms with Crippen molar-refractivity contribution >= 4 is 11.4 Å². The van der Waals surface area contributed by atoms with Gasteiger partial charge in [0.2, 0.25) is 0 Å². The maximum atomic E-state index is 3.55. The molecule has 0 spiro atoms. The van der Waals surface area contributed by atoms with Gasteiger partial charge in [0.1, 0.15) is 0 Å². The largest absolute Gasteiger partial charge is 0.368 e. The molecular formula is C17H25N3. The average Bonchev–Trinajstić information content (AvgIpc) is 2.89. The summed E-state index contributed by atoms with van der Waals surface area (Å²) in [6.45, 7) is 6.96. The molecule has 3 nitrogen and oxygen atoms in total. The fourth-order valence-electron chi connectivity index (χ4n) is 4.17. The number of nitrogens with zero attached hydrogens (tertiary/aromatic N) is 2. The Bertz CT molecular complexity index is 479. The highest BCUT2D eigenvalue weighted by atomic mass is 15.3. The lowest BCUT2D eigenvalue weighted by Gasteiger charge is -2.40. The lowest BCUT2D eigenvalue weighted by molar-refractivity contribution is 0.524. The molecule has 2 heterocycles. The van der Waals surface area contributed by atoms with E-state index in [0.29, 0.717) is 0 Å². The van der Waals surface area contributed by atoms with Crippen molar-refractivity contribution < 1.29 is 0 Å². The molecule has 0 radical (unpaired) electrons. The van der Waals surface area contributed by atoms with Crippen LogP contribution in [0, 0.1) is 5.92 Å². The van der Waals surface area contributed by atoms with E-state index in [0.717, 1.165) is 25.6 Å². The van der Waals surface area contributed by atoms with Gasteiger partial charge < -0.3 is 15.1 Å². The van der Waals surface area contributed by atoms with E-state index in [2.05, 4.69) is 33.3 Å². The summed E-state index contributed by atoms with van der Waals surface area (Å²) >= 11 is 0. The van der Waals surface area contributed by atoms with Gasteiger partial charge in [-0.25, -0.2) is 0 Å². The standard InChI is InChI=1S/C17H25N3/c1-2-5-14(4-1)13-20-11-10-19-9-8-18-12-15-6-3-7-16(20)17(15)19/h3,6-7,14,18H,1-2,4-5,8-13H2. The maximum Gasteiger partial charge on any atom is 0.0650 e. The Morgan fingerprint density at radius 2 is 2.00 bits per heavy atom. The summed E-state index contributed by atoms with van der Waals surface area (Å²) in [5.74, 6) is 0.932. The zero-order valence-corrected chi connectivity index (χ0v) is 12.3. The van der Waals surface area contributed by atoms with Gasteiger partial charge in [0.05, 0.1) is 11.4 Å². The van der Waals surface area contributed by atoms with Gasteiger partial charge in [0, 0.05) is 39.3 Å². The van der Waals surface area contributed by atoms with Crippen molar-refractivity contribution in [1.29, 1.82) is 0 Å². The molecule has 4 rings (SSSR count). The van der Waals surface area contributed by atoms with Gasteiger partial charge in [-0.15, -0.1) is 0 Å². The predicted molar refractivity (Wildman–Crippen MR) is 84.5 cm³/mol. The Hall–Kier alpha value is -1.22. The highest BCUT2D eigenvalue weighted by molar-refractivity contribution is 5.77. The Labute approximate surface area is 121 Å². The minimum absolute atomic E-state index is 0.932. The number of hydrogen-bond donors (Lipinski definition) is 1. The lowest BCUT2D eigenvalue weighted by Crippen LogP contribution is -2.44. The number of hydrogen-bond acceptors (Lipinski definition) is 3. The van der Waals surface area contributed by atoms with E-state index >= 15 is 0 Å². The third kappa shape index (κ3) is 2.18. The molecule has 108 valence electrons. The molecule has 1 aliphatic carbocycles. The summed E-state index contributed by atoms with van der Waals surface area (Å²) in [5.41, 5.74) is 4.49. The molecule has 0 atom stereocenters. The van der Waals surface area contributed by atoms with Gasteiger partial charge in [-0.1, -0.05) is 25.0 Å². The van der Waals surface area contributed by atoms with Gasteiger partial charge >= 0.3 is 0 Å². The third-order valence-corrected chi connectivity index (χ3v) is 5.22. The van der Waals surface area contributed by atoms with Gasteiger partial charge in [-0.05, 0) is 30.4 Å². The molecule has 1 N–H and O–H groups in total. The smallest absolute Gasteiger partial charge is 0.0650 e. The molecule has 2 aliphatic heterocycles. The molecule has 0 unspecified atom stereocenters. The number of benzene rings is 1. The van der Waals surface area contributed by atoms with Crippen LogP contribution in [-0.4, -0.2) is 32.7 Å². The summed E-state index contributed by atoms with van der Waals surface area (Å²) in [6, 6.07) is 6.88. The van der Waals surface area contributed by atoms with Crippen LogP contribution in [0.5, 0.6) is 0 Å². The number of para-hydroxylation sites is 1. The first-order valence-electron chi connectivity index (χ1n) is 8.24. The molecule has 0 bridgehead atoms. The van der Waals surface area contributed by atoms with Gasteiger partial charge in [-0.2, -0.15) is 0 Å². The van der Waals surface area contributed by atoms with Gasteiger partial charge in [-0.3, -0.25) is 0 Å². The van der Waals surface area contributed by atoms with Crippen LogP contribution >= 0.6 is 0 Å². The summed E-state index contributed by atoms with van der Waals surface area (Å²) in [5, 5.41) is 3.55. The number of nitrogens with one attached hydrogen (secondary N) is 1. The quantitative estimate of drug-likeness (QED) is 0.892. The second-order valence-corrected chi connectivity index (χ2v) is 6.55. The van der Waals surface area contributed by atoms with Gasteiger partial charge in [0.15, 0.2) is 0 Å². The summed E-state index contributed by atoms with van der Waals surface area (Å²) in [4.78, 5) is 5.26. The number of anilines is 2. The zero-order valence-electron chi connectivity index (χ0n) is 12.3. The normalized spacial score (nSPS) is 22.8. The van der Waals surface area contributed by atoms with Crippen molar-refractivity contribution in [1.82, 2.24) is 5.32 Å². The van der Waals surface area contributed by atoms with Crippen LogP contribution in [0.25, 0.3) is 0 Å². The SMILES string of the molecule is c1cc2c3c(c1)N(CC1CCCC1)CCN3CCNC2. The van der Waals surface area contributed by atoms with Crippen LogP contribution in [0.2, 0.25) is 0 Å². The second kappa shape index (κ2) is 5.28. The molecule has 20 heavy (non-hydrogen) atoms. The Kier molecular flexibility index (Phi) is 3.31. The number of rotatable bonds is 2. The van der Waals surface area contributed by atoms with E-state index in [1.54, 1.807) is 0 Å². The van der Waals surface area contributed by atoms with Crippen LogP contribution < -0.4 is 15.1 Å². The van der Waals surface area contributed by atoms with Crippen molar-refractivity contribution in [3.63, 3.8) is 0 Å². The average molecular weight is 271 g/mol. The van der Waals surface area contributed by atoms with E-state index < -0.39 is 0 Å². The van der Waals surface area contributed by atoms with Crippen LogP contribution in [0.15, 0.2) is 18.2 Å². The lowest BCUT2D eigenvalue weighted by atomic mass is 10.0. The van der Waals surface area contributed by atoms with E-state index in [9.17, 15) is 0 Å². The van der Waals surface area contributed by atoms with E-state index in [-0.39, 0.29) is 0 Å². The molecule has 1 saturated carbocycles. The maximum absolute atomic E-state index is 3.55. The van der Waals surface area contributed by atoms with Crippen molar-refractivity contribution in [2.45, 2.75) is 32.2 Å². The summed E-state index contributed by atoms with van der Waals surface area (Å²) < 4.78 is 0. The van der Waals surface area contributed by atoms with Crippen molar-refractivity contribution in [3.05, 3.63) is 23.8 Å². The second-order valence-electron chi connectivity index (χ2n) is 6.55. The summed E-state index contributed by atoms with van der Waals surface area (Å²) in [6.07, 6.45) is 5.77. The first-order valence-corrected chi connectivity index (χ1v) is 8.24. The topological polar surface area (TPSA) is 18.5 Å². The minimum Gasteiger partial charge on any atom is -0.368 e. The molecule has 0 aromatic heterocycles. The van der Waals surface area contributed by atoms with E-state index in [4.69, 9.17) is 0 Å². The van der Waals surface area contributed by atoms with Crippen LogP contribution in [0.3, 0.4) is 0 Å². The Morgan fingerprint density at radius 1 is 1.10 bits per heavy atom. The summed E-state index contributed by atoms with van der Waals surface area (Å²) in [7, 11) is 0. The Morgan fingerprint density at radius 3 is 2.90 bits per heavy atom. The van der Waals surface area contributed by atoms with Crippen LogP contribution in [0.1, 0.15) is 31.2 Å². The minimum atomic E-state index is 0.932. The zero-order chi connectivity index (χ0) is 13.4. The highest BCUT2D eigenvalue weighted by Crippen LogP contribution is 2.38. The first kappa shape index (κ1) is 12.5. The van der Waals surface area contributed by atoms with E-state index in [1.807, 2.05) is 0 Å². The molecule has 1 fully saturated rings. The van der Waals surface area contributed by atoms with E-state index in [1.165, 1.54) is 62.3 Å². The Balaban J connectivity index is 1.65. The van der Waals surface area contributed by atoms with Crippen molar-refractivity contribution in [2.75, 3.05) is 42.5 Å². The molecule has 0 amide bonds. The van der Waals surface area contributed by atoms with Crippen LogP contribution in [-0.2, 0) is 6.54 Å². The molecule has 0 saturated heterocycles. The van der Waals surface area contributed by atoms with Crippen molar-refractivity contribution in [3.8, 4) is 0 Å². The monoisotopic (exact) mass is 271 g/mol. The highest BCUT2D eigenvalue weighted by Gasteiger charge is 2.28. The fraction of sp³-hybridized carbons (Fsp3) is 0.647. The molecule has 1 aromatic rings. The van der Waals surface area contributed by atoms with Crippen LogP contribution in [0.4, 0.5) is 11.4 Å². The molecule has 3 aliphatic rings. The van der Waals surface area contributed by atoms with Crippen molar-refractivity contribution in [2.24, 2.45) is 5.92 Å². The fourth-order valence-corrected chi connectivity index (χ4v) is 4.17. The molecule has 1 aromatic carbocycles. The third-order valence-electron chi connectivity index (χ3n) is 5.22.